The fraction of sp³-hybridized carbons (Fsp3) is 0. The summed E-state index contributed by atoms with van der Waals surface area (Å²) in [7, 11) is 0. The van der Waals surface area contributed by atoms with Gasteiger partial charge in [0.05, 0.1) is 5.56 Å². The lowest BCUT2D eigenvalue weighted by atomic mass is 10.0. The summed E-state index contributed by atoms with van der Waals surface area (Å²) < 4.78 is 40.1. The van der Waals surface area contributed by atoms with Gasteiger partial charge >= 0.3 is 0 Å². The van der Waals surface area contributed by atoms with E-state index in [0.717, 1.165) is 0 Å². The Bertz CT molecular complexity index is 803. The van der Waals surface area contributed by atoms with E-state index in [4.69, 9.17) is 0 Å². The number of H-pyrrole nitrogens is 1. The van der Waals surface area contributed by atoms with Crippen LogP contribution < -0.4 is 0 Å². The molecule has 0 aliphatic carbocycles. The average molecular weight is 276 g/mol. The van der Waals surface area contributed by atoms with Crippen molar-refractivity contribution < 1.29 is 18.0 Å². The Balaban J connectivity index is 2.19. The minimum Gasteiger partial charge on any atom is -0.360 e. The van der Waals surface area contributed by atoms with Gasteiger partial charge in [-0.05, 0) is 6.07 Å². The molecule has 3 nitrogen and oxygen atoms in total. The Labute approximate surface area is 111 Å². The van der Waals surface area contributed by atoms with Crippen molar-refractivity contribution >= 4 is 16.7 Å². The van der Waals surface area contributed by atoms with Crippen LogP contribution in [-0.2, 0) is 0 Å². The predicted molar refractivity (Wildman–Crippen MR) is 65.8 cm³/mol. The van der Waals surface area contributed by atoms with Crippen LogP contribution in [0, 0.1) is 17.5 Å². The van der Waals surface area contributed by atoms with Crippen LogP contribution in [-0.4, -0.2) is 15.8 Å². The van der Waals surface area contributed by atoms with E-state index in [1.54, 1.807) is 6.07 Å². The van der Waals surface area contributed by atoms with Crippen LogP contribution in [0.5, 0.6) is 0 Å². The second-order valence-electron chi connectivity index (χ2n) is 4.20. The van der Waals surface area contributed by atoms with Crippen molar-refractivity contribution in [2.75, 3.05) is 0 Å². The molecule has 0 spiro atoms. The zero-order valence-corrected chi connectivity index (χ0v) is 9.95. The van der Waals surface area contributed by atoms with Crippen LogP contribution in [0.3, 0.4) is 0 Å². The van der Waals surface area contributed by atoms with Gasteiger partial charge in [-0.25, -0.2) is 13.2 Å². The lowest BCUT2D eigenvalue weighted by Gasteiger charge is -2.03. The van der Waals surface area contributed by atoms with Crippen molar-refractivity contribution in [3.8, 4) is 0 Å². The van der Waals surface area contributed by atoms with E-state index in [1.807, 2.05) is 0 Å². The predicted octanol–water partition coefficient (Wildman–Crippen LogP) is 3.21. The highest BCUT2D eigenvalue weighted by Gasteiger charge is 2.22. The normalized spacial score (nSPS) is 10.9. The number of rotatable bonds is 2. The minimum absolute atomic E-state index is 0.0810. The quantitative estimate of drug-likeness (QED) is 0.730. The molecule has 0 saturated heterocycles. The van der Waals surface area contributed by atoms with Gasteiger partial charge in [-0.15, -0.1) is 0 Å². The molecule has 1 aromatic carbocycles. The van der Waals surface area contributed by atoms with Gasteiger partial charge in [-0.3, -0.25) is 9.78 Å². The maximum atomic E-state index is 13.6. The number of pyridine rings is 1. The second kappa shape index (κ2) is 4.48. The monoisotopic (exact) mass is 276 g/mol. The molecule has 1 N–H and O–H groups in total. The molecule has 0 bridgehead atoms. The molecule has 2 aromatic heterocycles. The number of fused-ring (bicyclic) bond motifs is 1. The number of halogens is 3. The summed E-state index contributed by atoms with van der Waals surface area (Å²) in [4.78, 5) is 18.9. The van der Waals surface area contributed by atoms with E-state index in [9.17, 15) is 18.0 Å². The number of hydrogen-bond donors (Lipinski definition) is 1. The summed E-state index contributed by atoms with van der Waals surface area (Å²) in [5.74, 6) is -4.40. The third-order valence-corrected chi connectivity index (χ3v) is 2.96. The highest BCUT2D eigenvalue weighted by Crippen LogP contribution is 2.23. The van der Waals surface area contributed by atoms with Crippen LogP contribution >= 0.6 is 0 Å². The molecule has 100 valence electrons. The summed E-state index contributed by atoms with van der Waals surface area (Å²) >= 11 is 0. The summed E-state index contributed by atoms with van der Waals surface area (Å²) in [5, 5.41) is 0.445. The molecular formula is C14H7F3N2O. The third-order valence-electron chi connectivity index (χ3n) is 2.96. The van der Waals surface area contributed by atoms with Crippen molar-refractivity contribution in [2.24, 2.45) is 0 Å². The van der Waals surface area contributed by atoms with Crippen molar-refractivity contribution in [2.45, 2.75) is 0 Å². The van der Waals surface area contributed by atoms with E-state index in [2.05, 4.69) is 9.97 Å². The Morgan fingerprint density at radius 2 is 1.85 bits per heavy atom. The van der Waals surface area contributed by atoms with Crippen molar-refractivity contribution in [3.05, 3.63) is 65.4 Å². The largest absolute Gasteiger partial charge is 0.360 e. The zero-order valence-electron chi connectivity index (χ0n) is 9.95. The molecule has 0 radical (unpaired) electrons. The molecule has 0 amide bonds. The fourth-order valence-corrected chi connectivity index (χ4v) is 2.04. The van der Waals surface area contributed by atoms with Gasteiger partial charge in [-0.1, -0.05) is 0 Å². The fourth-order valence-electron chi connectivity index (χ4n) is 2.04. The smallest absolute Gasteiger partial charge is 0.201 e. The number of nitrogens with zero attached hydrogens (tertiary/aromatic N) is 1. The van der Waals surface area contributed by atoms with E-state index in [1.165, 1.54) is 18.6 Å². The molecule has 0 aliphatic heterocycles. The number of ketones is 1. The van der Waals surface area contributed by atoms with E-state index < -0.39 is 28.8 Å². The highest BCUT2D eigenvalue weighted by atomic mass is 19.1. The lowest BCUT2D eigenvalue weighted by Crippen LogP contribution is -2.07. The highest BCUT2D eigenvalue weighted by molar-refractivity contribution is 6.16. The van der Waals surface area contributed by atoms with Gasteiger partial charge in [0, 0.05) is 47.2 Å². The first-order valence-corrected chi connectivity index (χ1v) is 5.68. The Morgan fingerprint density at radius 1 is 1.15 bits per heavy atom. The average Bonchev–Trinajstić information content (AvgIpc) is 2.81. The zero-order chi connectivity index (χ0) is 14.3. The molecule has 6 heteroatoms. The van der Waals surface area contributed by atoms with E-state index in [-0.39, 0.29) is 5.56 Å². The standard InChI is InChI=1S/C14H7F3N2O/c15-7-3-10(16)13(11(17)4-7)14(20)9-6-19-12-1-2-18-5-8(9)12/h1-6,19H. The molecule has 3 aromatic rings. The number of benzene rings is 1. The van der Waals surface area contributed by atoms with Crippen LogP contribution in [0.25, 0.3) is 10.9 Å². The van der Waals surface area contributed by atoms with E-state index in [0.29, 0.717) is 23.0 Å². The minimum atomic E-state index is -1.23. The molecule has 0 saturated carbocycles. The number of nitrogens with one attached hydrogen (secondary N) is 1. The number of carbonyl (C=O) groups is 1. The molecule has 3 rings (SSSR count). The molecule has 0 aliphatic rings. The topological polar surface area (TPSA) is 45.8 Å². The SMILES string of the molecule is O=C(c1c(F)cc(F)cc1F)c1c[nH]c2ccncc12. The Kier molecular flexibility index (Phi) is 2.78. The van der Waals surface area contributed by atoms with Crippen LogP contribution in [0.2, 0.25) is 0 Å². The maximum Gasteiger partial charge on any atom is 0.201 e. The van der Waals surface area contributed by atoms with Gasteiger partial charge in [0.1, 0.15) is 17.5 Å². The van der Waals surface area contributed by atoms with Gasteiger partial charge in [0.15, 0.2) is 0 Å². The van der Waals surface area contributed by atoms with Crippen LogP contribution in [0.15, 0.2) is 36.8 Å². The molecule has 0 atom stereocenters. The summed E-state index contributed by atoms with van der Waals surface area (Å²) in [6.07, 6.45) is 4.28. The summed E-state index contributed by atoms with van der Waals surface area (Å²) in [5.41, 5.74) is -0.0834. The molecular weight excluding hydrogens is 269 g/mol. The van der Waals surface area contributed by atoms with Crippen LogP contribution in [0.4, 0.5) is 13.2 Å². The van der Waals surface area contributed by atoms with Crippen molar-refractivity contribution in [3.63, 3.8) is 0 Å². The van der Waals surface area contributed by atoms with Gasteiger partial charge in [-0.2, -0.15) is 0 Å². The number of hydrogen-bond acceptors (Lipinski definition) is 2. The second-order valence-corrected chi connectivity index (χ2v) is 4.20. The Hall–Kier alpha value is -2.63. The van der Waals surface area contributed by atoms with Crippen molar-refractivity contribution in [1.82, 2.24) is 9.97 Å². The first kappa shape index (κ1) is 12.4. The summed E-state index contributed by atoms with van der Waals surface area (Å²) in [6, 6.07) is 2.58. The van der Waals surface area contributed by atoms with Crippen LogP contribution in [0.1, 0.15) is 15.9 Å². The number of aromatic nitrogens is 2. The summed E-state index contributed by atoms with van der Waals surface area (Å²) in [6.45, 7) is 0. The first-order chi connectivity index (χ1) is 9.58. The molecule has 2 heterocycles. The first-order valence-electron chi connectivity index (χ1n) is 5.68. The van der Waals surface area contributed by atoms with Gasteiger partial charge < -0.3 is 4.98 Å². The molecule has 0 unspecified atom stereocenters. The Morgan fingerprint density at radius 3 is 2.55 bits per heavy atom. The third kappa shape index (κ3) is 1.85. The van der Waals surface area contributed by atoms with E-state index >= 15 is 0 Å². The molecule has 0 fully saturated rings. The maximum absolute atomic E-state index is 13.6. The molecule has 20 heavy (non-hydrogen) atoms. The number of aromatic amines is 1. The lowest BCUT2D eigenvalue weighted by molar-refractivity contribution is 0.103. The van der Waals surface area contributed by atoms with Crippen molar-refractivity contribution in [1.29, 1.82) is 0 Å². The van der Waals surface area contributed by atoms with Gasteiger partial charge in [0.2, 0.25) is 5.78 Å². The number of carbonyl (C=O) groups excluding carboxylic acids is 1. The van der Waals surface area contributed by atoms with Gasteiger partial charge in [0.25, 0.3) is 0 Å².